The van der Waals surface area contributed by atoms with Crippen molar-refractivity contribution in [2.24, 2.45) is 22.9 Å². The number of fused-ring (bicyclic) bond motifs is 3. The molecular weight excluding hydrogens is 310 g/mol. The Morgan fingerprint density at radius 2 is 2.25 bits per heavy atom. The van der Waals surface area contributed by atoms with Crippen LogP contribution in [-0.2, 0) is 23.8 Å². The lowest BCUT2D eigenvalue weighted by Crippen LogP contribution is -2.34. The number of methoxy groups -OCH3 is 1. The Labute approximate surface area is 143 Å². The average Bonchev–Trinajstić information content (AvgIpc) is 3.18. The predicted molar refractivity (Wildman–Crippen MR) is 88.4 cm³/mol. The Hall–Kier alpha value is -1.40. The van der Waals surface area contributed by atoms with E-state index >= 15 is 0 Å². The Morgan fingerprint density at radius 1 is 1.38 bits per heavy atom. The second-order valence-corrected chi connectivity index (χ2v) is 6.91. The summed E-state index contributed by atoms with van der Waals surface area (Å²) in [6, 6.07) is 0. The van der Waals surface area contributed by atoms with Crippen molar-refractivity contribution in [3.63, 3.8) is 0 Å². The lowest BCUT2D eigenvalue weighted by Gasteiger charge is -2.21. The molecule has 3 aliphatic rings. The number of oxime groups is 1. The van der Waals surface area contributed by atoms with Gasteiger partial charge >= 0.3 is 5.97 Å². The fraction of sp³-hybridized carbons (Fsp3) is 0.778. The monoisotopic (exact) mass is 337 g/mol. The van der Waals surface area contributed by atoms with Gasteiger partial charge in [-0.1, -0.05) is 17.3 Å². The highest BCUT2D eigenvalue weighted by Crippen LogP contribution is 2.39. The summed E-state index contributed by atoms with van der Waals surface area (Å²) in [6.07, 6.45) is 9.23. The molecule has 2 heterocycles. The zero-order chi connectivity index (χ0) is 16.9. The highest BCUT2D eigenvalue weighted by atomic mass is 16.7. The minimum atomic E-state index is -0.381. The van der Waals surface area contributed by atoms with Crippen LogP contribution < -0.4 is 0 Å². The fourth-order valence-corrected chi connectivity index (χ4v) is 3.86. The molecule has 0 aromatic heterocycles. The third-order valence-corrected chi connectivity index (χ3v) is 5.10. The Bertz CT molecular complexity index is 504. The second kappa shape index (κ2) is 8.12. The number of nitrogens with zero attached hydrogens (tertiary/aromatic N) is 1. The first-order valence-corrected chi connectivity index (χ1v) is 8.86. The summed E-state index contributed by atoms with van der Waals surface area (Å²) in [5.41, 5.74) is 0.825. The molecule has 3 rings (SSSR count). The third-order valence-electron chi connectivity index (χ3n) is 5.10. The fourth-order valence-electron chi connectivity index (χ4n) is 3.86. The van der Waals surface area contributed by atoms with Crippen molar-refractivity contribution in [3.8, 4) is 0 Å². The molecule has 1 aliphatic carbocycles. The molecule has 0 N–H and O–H groups in total. The molecule has 0 aromatic rings. The summed E-state index contributed by atoms with van der Waals surface area (Å²) in [6.45, 7) is 2.53. The van der Waals surface area contributed by atoms with E-state index in [4.69, 9.17) is 19.0 Å². The van der Waals surface area contributed by atoms with Crippen LogP contribution >= 0.6 is 0 Å². The van der Waals surface area contributed by atoms with Crippen LogP contribution in [-0.4, -0.2) is 44.4 Å². The molecule has 0 radical (unpaired) electrons. The first-order chi connectivity index (χ1) is 11.7. The number of carbonyl (C=O) groups excluding carboxylic acids is 1. The first kappa shape index (κ1) is 17.4. The quantitative estimate of drug-likeness (QED) is 0.450. The normalized spacial score (nSPS) is 38.0. The van der Waals surface area contributed by atoms with E-state index in [1.807, 2.05) is 6.92 Å². The number of esters is 1. The van der Waals surface area contributed by atoms with Crippen molar-refractivity contribution in [1.29, 1.82) is 0 Å². The minimum Gasteiger partial charge on any atom is -0.462 e. The maximum absolute atomic E-state index is 12.5. The van der Waals surface area contributed by atoms with E-state index in [0.717, 1.165) is 37.8 Å². The zero-order valence-electron chi connectivity index (χ0n) is 14.5. The summed E-state index contributed by atoms with van der Waals surface area (Å²) in [5, 5.41) is 4.21. The standard InChI is InChI=1S/C18H27NO5/c1-12-6-4-3-5-7-13-8-14(22-11-21-2)9-15(13)17-16(10-23-19-17)18(20)24-12/h5,7,12-16H,3-4,6,8-11H2,1-2H3/b7-5-/t12-,13+,14-,15+,16-/m0/s1. The predicted octanol–water partition coefficient (Wildman–Crippen LogP) is 2.68. The van der Waals surface area contributed by atoms with E-state index < -0.39 is 0 Å². The maximum Gasteiger partial charge on any atom is 0.318 e. The molecule has 1 saturated carbocycles. The van der Waals surface area contributed by atoms with E-state index in [1.165, 1.54) is 0 Å². The Balaban J connectivity index is 1.79. The number of cyclic esters (lactones) is 1. The number of hydrogen-bond acceptors (Lipinski definition) is 6. The Kier molecular flexibility index (Phi) is 5.89. The van der Waals surface area contributed by atoms with Gasteiger partial charge in [-0.2, -0.15) is 0 Å². The molecule has 6 heteroatoms. The molecule has 0 aromatic carbocycles. The number of hydrogen-bond donors (Lipinski definition) is 0. The molecule has 5 atom stereocenters. The summed E-state index contributed by atoms with van der Waals surface area (Å²) >= 11 is 0. The van der Waals surface area contributed by atoms with Crippen LogP contribution in [0.15, 0.2) is 17.3 Å². The van der Waals surface area contributed by atoms with Gasteiger partial charge in [0.1, 0.15) is 19.3 Å². The van der Waals surface area contributed by atoms with Gasteiger partial charge in [0.15, 0.2) is 0 Å². The molecule has 0 spiro atoms. The molecule has 6 nitrogen and oxygen atoms in total. The number of carbonyl (C=O) groups is 1. The number of ether oxygens (including phenoxy) is 3. The summed E-state index contributed by atoms with van der Waals surface area (Å²) < 4.78 is 16.4. The van der Waals surface area contributed by atoms with Crippen molar-refractivity contribution < 1.29 is 23.8 Å². The highest BCUT2D eigenvalue weighted by Gasteiger charge is 2.44. The van der Waals surface area contributed by atoms with Gasteiger partial charge in [0.25, 0.3) is 0 Å². The highest BCUT2D eigenvalue weighted by molar-refractivity contribution is 6.04. The van der Waals surface area contributed by atoms with Crippen molar-refractivity contribution in [1.82, 2.24) is 0 Å². The van der Waals surface area contributed by atoms with E-state index in [1.54, 1.807) is 7.11 Å². The van der Waals surface area contributed by atoms with Crippen molar-refractivity contribution in [2.45, 2.75) is 51.2 Å². The SMILES string of the molecule is COCO[C@H]1C[C@H]2/C=C\CCC[C@H](C)OC(=O)[C@H]3CON=C3[C@@H]2C1. The van der Waals surface area contributed by atoms with Crippen molar-refractivity contribution in [3.05, 3.63) is 12.2 Å². The second-order valence-electron chi connectivity index (χ2n) is 6.91. The average molecular weight is 337 g/mol. The van der Waals surface area contributed by atoms with Crippen LogP contribution in [0.3, 0.4) is 0 Å². The van der Waals surface area contributed by atoms with Gasteiger partial charge in [-0.3, -0.25) is 4.79 Å². The molecule has 24 heavy (non-hydrogen) atoms. The molecule has 0 bridgehead atoms. The van der Waals surface area contributed by atoms with Gasteiger partial charge in [-0.15, -0.1) is 0 Å². The van der Waals surface area contributed by atoms with Gasteiger partial charge in [0, 0.05) is 13.0 Å². The minimum absolute atomic E-state index is 0.0654. The molecule has 1 fully saturated rings. The lowest BCUT2D eigenvalue weighted by molar-refractivity contribution is -0.152. The van der Waals surface area contributed by atoms with Crippen LogP contribution in [0.1, 0.15) is 39.0 Å². The number of rotatable bonds is 3. The summed E-state index contributed by atoms with van der Waals surface area (Å²) in [5.74, 6) is -0.102. The topological polar surface area (TPSA) is 66.4 Å². The van der Waals surface area contributed by atoms with Crippen molar-refractivity contribution >= 4 is 11.7 Å². The number of allylic oxidation sites excluding steroid dienone is 2. The van der Waals surface area contributed by atoms with Crippen LogP contribution in [0, 0.1) is 17.8 Å². The summed E-state index contributed by atoms with van der Waals surface area (Å²) in [4.78, 5) is 17.8. The van der Waals surface area contributed by atoms with Gasteiger partial charge in [-0.25, -0.2) is 0 Å². The van der Waals surface area contributed by atoms with Crippen LogP contribution in [0.25, 0.3) is 0 Å². The molecule has 134 valence electrons. The smallest absolute Gasteiger partial charge is 0.318 e. The van der Waals surface area contributed by atoms with Crippen LogP contribution in [0.5, 0.6) is 0 Å². The lowest BCUT2D eigenvalue weighted by atomic mass is 9.84. The largest absolute Gasteiger partial charge is 0.462 e. The van der Waals surface area contributed by atoms with Gasteiger partial charge in [0.05, 0.1) is 17.9 Å². The first-order valence-electron chi connectivity index (χ1n) is 8.86. The third kappa shape index (κ3) is 3.98. The van der Waals surface area contributed by atoms with E-state index in [2.05, 4.69) is 17.3 Å². The molecular formula is C18H27NO5. The molecule has 0 amide bonds. The van der Waals surface area contributed by atoms with Crippen LogP contribution in [0.2, 0.25) is 0 Å². The molecule has 0 unspecified atom stereocenters. The van der Waals surface area contributed by atoms with Crippen LogP contribution in [0.4, 0.5) is 0 Å². The maximum atomic E-state index is 12.5. The zero-order valence-corrected chi connectivity index (χ0v) is 14.5. The van der Waals surface area contributed by atoms with E-state index in [0.29, 0.717) is 12.7 Å². The van der Waals surface area contributed by atoms with Gasteiger partial charge in [0.2, 0.25) is 0 Å². The molecule has 0 saturated heterocycles. The summed E-state index contributed by atoms with van der Waals surface area (Å²) in [7, 11) is 1.63. The van der Waals surface area contributed by atoms with Gasteiger partial charge < -0.3 is 19.0 Å². The van der Waals surface area contributed by atoms with E-state index in [9.17, 15) is 4.79 Å². The Morgan fingerprint density at radius 3 is 3.08 bits per heavy atom. The molecule has 2 aliphatic heterocycles. The van der Waals surface area contributed by atoms with Gasteiger partial charge in [-0.05, 0) is 44.9 Å². The van der Waals surface area contributed by atoms with Crippen molar-refractivity contribution in [2.75, 3.05) is 20.5 Å². The van der Waals surface area contributed by atoms with E-state index in [-0.39, 0.29) is 36.6 Å².